The van der Waals surface area contributed by atoms with Crippen molar-refractivity contribution in [3.63, 3.8) is 0 Å². The summed E-state index contributed by atoms with van der Waals surface area (Å²) in [4.78, 5) is 5.14. The van der Waals surface area contributed by atoms with Crippen LogP contribution < -0.4 is 0 Å². The quantitative estimate of drug-likeness (QED) is 0.339. The van der Waals surface area contributed by atoms with Crippen molar-refractivity contribution in [3.05, 3.63) is 71.8 Å². The highest BCUT2D eigenvalue weighted by molar-refractivity contribution is 5.20. The summed E-state index contributed by atoms with van der Waals surface area (Å²) < 4.78 is 11.3. The van der Waals surface area contributed by atoms with E-state index in [1.165, 1.54) is 83.1 Å². The van der Waals surface area contributed by atoms with Gasteiger partial charge in [-0.15, -0.1) is 0 Å². The Labute approximate surface area is 266 Å². The molecule has 2 aromatic carbocycles. The Morgan fingerprint density at radius 2 is 1.30 bits per heavy atom. The van der Waals surface area contributed by atoms with Gasteiger partial charge in [0.15, 0.2) is 0 Å². The van der Waals surface area contributed by atoms with Crippen molar-refractivity contribution in [2.75, 3.05) is 39.4 Å². The lowest BCUT2D eigenvalue weighted by Gasteiger charge is -2.38. The summed E-state index contributed by atoms with van der Waals surface area (Å²) in [7, 11) is 0. The van der Waals surface area contributed by atoms with Crippen LogP contribution in [0.5, 0.6) is 0 Å². The third-order valence-electron chi connectivity index (χ3n) is 10.4. The molecule has 3 heterocycles. The Morgan fingerprint density at radius 3 is 1.86 bits per heavy atom. The van der Waals surface area contributed by atoms with Crippen LogP contribution in [0.1, 0.15) is 101 Å². The van der Waals surface area contributed by atoms with Crippen molar-refractivity contribution in [2.24, 2.45) is 11.8 Å². The molecule has 2 saturated carbocycles. The number of benzene rings is 2. The first kappa shape index (κ1) is 33.6. The predicted molar refractivity (Wildman–Crippen MR) is 178 cm³/mol. The molecule has 2 N–H and O–H groups in total. The molecule has 2 aliphatic carbocycles. The number of likely N-dealkylation sites (tertiary alicyclic amines) is 2. The van der Waals surface area contributed by atoms with E-state index < -0.39 is 6.10 Å². The molecule has 244 valence electrons. The van der Waals surface area contributed by atoms with Crippen LogP contribution in [0, 0.1) is 11.8 Å². The molecule has 5 fully saturated rings. The van der Waals surface area contributed by atoms with Crippen LogP contribution in [0.15, 0.2) is 60.7 Å². The molecular weight excluding hydrogens is 548 g/mol. The molecule has 0 amide bonds. The summed E-state index contributed by atoms with van der Waals surface area (Å²) in [6, 6.07) is 21.2. The molecule has 6 heteroatoms. The van der Waals surface area contributed by atoms with Gasteiger partial charge in [0.25, 0.3) is 0 Å². The van der Waals surface area contributed by atoms with Crippen LogP contribution in [0.3, 0.4) is 0 Å². The number of hydrogen-bond acceptors (Lipinski definition) is 6. The van der Waals surface area contributed by atoms with E-state index in [4.69, 9.17) is 9.47 Å². The molecule has 7 rings (SSSR count). The summed E-state index contributed by atoms with van der Waals surface area (Å²) >= 11 is 0. The third-order valence-corrected chi connectivity index (χ3v) is 10.4. The average molecular weight is 607 g/mol. The van der Waals surface area contributed by atoms with Crippen molar-refractivity contribution >= 4 is 0 Å². The average Bonchev–Trinajstić information content (AvgIpc) is 3.69. The molecule has 0 aromatic heterocycles. The zero-order chi connectivity index (χ0) is 30.7. The Kier molecular flexibility index (Phi) is 13.1. The van der Waals surface area contributed by atoms with Gasteiger partial charge in [-0.05, 0) is 74.6 Å². The Hall–Kier alpha value is -1.80. The van der Waals surface area contributed by atoms with Crippen LogP contribution in [-0.4, -0.2) is 83.7 Å². The number of hydrogen-bond donors (Lipinski definition) is 2. The number of aliphatic hydroxyl groups is 2. The maximum Gasteiger partial charge on any atom is 0.106 e. The first-order valence-electron chi connectivity index (χ1n) is 17.6. The fourth-order valence-electron chi connectivity index (χ4n) is 7.64. The van der Waals surface area contributed by atoms with Gasteiger partial charge in [0.05, 0.1) is 25.4 Å². The van der Waals surface area contributed by atoms with Crippen LogP contribution in [-0.2, 0) is 9.47 Å². The topological polar surface area (TPSA) is 68.7 Å². The standard InChI is InChI=1S/C19H29NO2.C11H21NO.C8H8O/c1-15-11-12-20(13-15)17-9-5-6-10-19(17)22-14-18(21)16-7-3-2-4-8-16;1-9-6-7-12(8-9)10-4-2-3-5-11(10)13;1-2-4-7(5-3-1)8-6-9-8/h2-4,7-8,15,17-19,21H,5-6,9-14H2,1H3;9-11,13H,2-8H2,1H3;1-5,8H,6H2/t15-,17?,18?,19?;9-,10?,11?;/m11./s1. The van der Waals surface area contributed by atoms with E-state index in [0.29, 0.717) is 24.8 Å². The van der Waals surface area contributed by atoms with E-state index in [-0.39, 0.29) is 12.2 Å². The second-order valence-electron chi connectivity index (χ2n) is 14.1. The smallest absolute Gasteiger partial charge is 0.106 e. The van der Waals surface area contributed by atoms with Gasteiger partial charge in [0.2, 0.25) is 0 Å². The van der Waals surface area contributed by atoms with Gasteiger partial charge in [-0.3, -0.25) is 9.80 Å². The molecule has 0 spiro atoms. The maximum absolute atomic E-state index is 10.3. The number of ether oxygens (including phenoxy) is 2. The fourth-order valence-corrected chi connectivity index (χ4v) is 7.64. The van der Waals surface area contributed by atoms with Crippen LogP contribution in [0.25, 0.3) is 0 Å². The second kappa shape index (κ2) is 17.2. The molecule has 0 bridgehead atoms. The van der Waals surface area contributed by atoms with Gasteiger partial charge in [-0.1, -0.05) is 100 Å². The molecule has 0 radical (unpaired) electrons. The molecule has 44 heavy (non-hydrogen) atoms. The number of aliphatic hydroxyl groups excluding tert-OH is 2. The molecule has 6 nitrogen and oxygen atoms in total. The van der Waals surface area contributed by atoms with E-state index in [0.717, 1.165) is 36.8 Å². The lowest BCUT2D eigenvalue weighted by atomic mass is 9.91. The van der Waals surface area contributed by atoms with E-state index in [2.05, 4.69) is 35.8 Å². The normalized spacial score (nSPS) is 33.0. The van der Waals surface area contributed by atoms with E-state index in [1.807, 2.05) is 48.5 Å². The number of nitrogens with zero attached hydrogens (tertiary/aromatic N) is 2. The van der Waals surface area contributed by atoms with Gasteiger partial charge in [0, 0.05) is 25.2 Å². The summed E-state index contributed by atoms with van der Waals surface area (Å²) in [5, 5.41) is 20.2. The minimum atomic E-state index is -0.513. The highest BCUT2D eigenvalue weighted by Gasteiger charge is 2.35. The second-order valence-corrected chi connectivity index (χ2v) is 14.1. The summed E-state index contributed by atoms with van der Waals surface area (Å²) in [6.45, 7) is 10.8. The SMILES string of the molecule is C[C@@H]1CCN(C2CCCCC2O)C1.C[C@@H]1CCN(C2CCCCC2OCC(O)c2ccccc2)C1.c1ccc(C2CO2)cc1. The van der Waals surface area contributed by atoms with Crippen LogP contribution in [0.2, 0.25) is 0 Å². The van der Waals surface area contributed by atoms with E-state index >= 15 is 0 Å². The van der Waals surface area contributed by atoms with E-state index in [9.17, 15) is 10.2 Å². The van der Waals surface area contributed by atoms with Gasteiger partial charge in [-0.25, -0.2) is 0 Å². The fraction of sp³-hybridized carbons (Fsp3) is 0.684. The van der Waals surface area contributed by atoms with Gasteiger partial charge in [0.1, 0.15) is 12.2 Å². The molecule has 6 unspecified atom stereocenters. The first-order chi connectivity index (χ1) is 21.5. The van der Waals surface area contributed by atoms with Gasteiger partial charge >= 0.3 is 0 Å². The van der Waals surface area contributed by atoms with Crippen molar-refractivity contribution in [1.82, 2.24) is 9.80 Å². The van der Waals surface area contributed by atoms with Crippen molar-refractivity contribution in [2.45, 2.75) is 115 Å². The van der Waals surface area contributed by atoms with Crippen molar-refractivity contribution in [1.29, 1.82) is 0 Å². The predicted octanol–water partition coefficient (Wildman–Crippen LogP) is 6.78. The summed E-state index contributed by atoms with van der Waals surface area (Å²) in [5.41, 5.74) is 2.25. The Balaban J connectivity index is 0.000000146. The largest absolute Gasteiger partial charge is 0.391 e. The Morgan fingerprint density at radius 1 is 0.750 bits per heavy atom. The molecule has 3 saturated heterocycles. The van der Waals surface area contributed by atoms with Crippen molar-refractivity contribution in [3.8, 4) is 0 Å². The zero-order valence-corrected chi connectivity index (χ0v) is 27.3. The van der Waals surface area contributed by atoms with Crippen LogP contribution in [0.4, 0.5) is 0 Å². The molecular formula is C38H58N2O4. The molecule has 8 atom stereocenters. The summed E-state index contributed by atoms with van der Waals surface area (Å²) in [6.07, 6.45) is 12.5. The molecule has 5 aliphatic rings. The minimum absolute atomic E-state index is 0.0425. The summed E-state index contributed by atoms with van der Waals surface area (Å²) in [5.74, 6) is 1.66. The lowest BCUT2D eigenvalue weighted by molar-refractivity contribution is -0.0628. The monoisotopic (exact) mass is 606 g/mol. The lowest BCUT2D eigenvalue weighted by Crippen LogP contribution is -2.46. The van der Waals surface area contributed by atoms with Gasteiger partial charge < -0.3 is 19.7 Å². The number of epoxide rings is 1. The minimum Gasteiger partial charge on any atom is -0.391 e. The van der Waals surface area contributed by atoms with Crippen molar-refractivity contribution < 1.29 is 19.7 Å². The van der Waals surface area contributed by atoms with Crippen LogP contribution >= 0.6 is 0 Å². The van der Waals surface area contributed by atoms with E-state index in [1.54, 1.807) is 0 Å². The third kappa shape index (κ3) is 10.1. The highest BCUT2D eigenvalue weighted by atomic mass is 16.6. The number of rotatable bonds is 7. The first-order valence-corrected chi connectivity index (χ1v) is 17.6. The maximum atomic E-state index is 10.3. The Bertz CT molecular complexity index is 1070. The molecule has 3 aliphatic heterocycles. The highest BCUT2D eigenvalue weighted by Crippen LogP contribution is 2.31. The molecule has 2 aromatic rings. The van der Waals surface area contributed by atoms with Gasteiger partial charge in [-0.2, -0.15) is 0 Å². The zero-order valence-electron chi connectivity index (χ0n) is 27.3.